The van der Waals surface area contributed by atoms with Crippen LogP contribution in [0.2, 0.25) is 10.0 Å². The van der Waals surface area contributed by atoms with Gasteiger partial charge in [-0.05, 0) is 42.5 Å². The molecule has 1 N–H and O–H groups in total. The summed E-state index contributed by atoms with van der Waals surface area (Å²) in [5, 5.41) is 5.14. The molecule has 0 heterocycles. The molecule has 0 atom stereocenters. The fraction of sp³-hybridized carbons (Fsp3) is 0.647. The van der Waals surface area contributed by atoms with Gasteiger partial charge in [0.2, 0.25) is 0 Å². The molecule has 1 aromatic carbocycles. The van der Waals surface area contributed by atoms with Gasteiger partial charge in [-0.15, -0.1) is 0 Å². The van der Waals surface area contributed by atoms with Gasteiger partial charge in [0, 0.05) is 22.0 Å². The van der Waals surface area contributed by atoms with Crippen molar-refractivity contribution in [1.82, 2.24) is 5.32 Å². The van der Waals surface area contributed by atoms with E-state index in [4.69, 9.17) is 23.2 Å². The molecule has 20 heavy (non-hydrogen) atoms. The number of likely N-dealkylation sites (N-methyl/N-ethyl adjacent to an activating group) is 1. The van der Waals surface area contributed by atoms with Gasteiger partial charge in [0.1, 0.15) is 0 Å². The molecule has 0 spiro atoms. The predicted octanol–water partition coefficient (Wildman–Crippen LogP) is 5.44. The van der Waals surface area contributed by atoms with E-state index in [-0.39, 0.29) is 5.41 Å². The Morgan fingerprint density at radius 1 is 1.05 bits per heavy atom. The minimum atomic E-state index is 0.109. The Morgan fingerprint density at radius 2 is 1.60 bits per heavy atom. The summed E-state index contributed by atoms with van der Waals surface area (Å²) in [6, 6.07) is 5.86. The number of rotatable bonds is 6. The molecule has 3 heteroatoms. The van der Waals surface area contributed by atoms with Crippen molar-refractivity contribution < 1.29 is 0 Å². The van der Waals surface area contributed by atoms with Gasteiger partial charge in [0.15, 0.2) is 0 Å². The van der Waals surface area contributed by atoms with Crippen molar-refractivity contribution in [2.24, 2.45) is 5.41 Å². The van der Waals surface area contributed by atoms with Gasteiger partial charge < -0.3 is 5.32 Å². The van der Waals surface area contributed by atoms with Gasteiger partial charge in [-0.3, -0.25) is 0 Å². The van der Waals surface area contributed by atoms with Crippen LogP contribution in [0.5, 0.6) is 0 Å². The van der Waals surface area contributed by atoms with Crippen molar-refractivity contribution in [3.05, 3.63) is 33.8 Å². The Bertz CT molecular complexity index is 438. The second kappa shape index (κ2) is 6.25. The molecule has 0 bridgehead atoms. The quantitative estimate of drug-likeness (QED) is 0.737. The zero-order valence-corrected chi connectivity index (χ0v) is 14.2. The lowest BCUT2D eigenvalue weighted by Gasteiger charge is -2.57. The van der Waals surface area contributed by atoms with Crippen molar-refractivity contribution in [2.45, 2.75) is 51.9 Å². The Labute approximate surface area is 133 Å². The molecule has 2 rings (SSSR count). The van der Waals surface area contributed by atoms with Crippen LogP contribution in [0.25, 0.3) is 0 Å². The van der Waals surface area contributed by atoms with Crippen LogP contribution in [0.15, 0.2) is 18.2 Å². The van der Waals surface area contributed by atoms with E-state index in [0.717, 1.165) is 28.7 Å². The van der Waals surface area contributed by atoms with Crippen LogP contribution in [-0.4, -0.2) is 13.1 Å². The largest absolute Gasteiger partial charge is 0.316 e. The standard InChI is InChI=1S/C17H25Cl2N/c1-4-16(5-2)10-17(11-16,12-20-6-3)15-13(18)8-7-9-14(15)19/h7-9,20H,4-6,10-12H2,1-3H3. The maximum atomic E-state index is 6.47. The van der Waals surface area contributed by atoms with Crippen LogP contribution in [0.3, 0.4) is 0 Å². The smallest absolute Gasteiger partial charge is 0.0459 e. The zero-order chi connectivity index (χ0) is 14.8. The molecule has 0 saturated heterocycles. The van der Waals surface area contributed by atoms with Crippen LogP contribution < -0.4 is 5.32 Å². The SMILES string of the molecule is CCNCC1(c2c(Cl)cccc2Cl)CC(CC)(CC)C1. The molecule has 1 fully saturated rings. The minimum absolute atomic E-state index is 0.109. The van der Waals surface area contributed by atoms with Gasteiger partial charge in [-0.25, -0.2) is 0 Å². The van der Waals surface area contributed by atoms with Crippen molar-refractivity contribution in [3.8, 4) is 0 Å². The Balaban J connectivity index is 2.35. The summed E-state index contributed by atoms with van der Waals surface area (Å²) in [5.41, 5.74) is 1.73. The van der Waals surface area contributed by atoms with E-state index in [1.54, 1.807) is 0 Å². The monoisotopic (exact) mass is 313 g/mol. The molecule has 1 nitrogen and oxygen atoms in total. The molecule has 0 aromatic heterocycles. The fourth-order valence-electron chi connectivity index (χ4n) is 3.89. The van der Waals surface area contributed by atoms with Crippen LogP contribution in [0.4, 0.5) is 0 Å². The van der Waals surface area contributed by atoms with Crippen LogP contribution in [0, 0.1) is 5.41 Å². The second-order valence-corrected chi connectivity index (χ2v) is 7.03. The van der Waals surface area contributed by atoms with Gasteiger partial charge in [0.25, 0.3) is 0 Å². The number of halogens is 2. The van der Waals surface area contributed by atoms with Crippen LogP contribution >= 0.6 is 23.2 Å². The van der Waals surface area contributed by atoms with E-state index < -0.39 is 0 Å². The Morgan fingerprint density at radius 3 is 2.05 bits per heavy atom. The van der Waals surface area contributed by atoms with Gasteiger partial charge in [-0.2, -0.15) is 0 Å². The van der Waals surface area contributed by atoms with Gasteiger partial charge in [-0.1, -0.05) is 62.9 Å². The van der Waals surface area contributed by atoms with Crippen molar-refractivity contribution in [1.29, 1.82) is 0 Å². The Hall–Kier alpha value is -0.240. The molecule has 1 aliphatic rings. The molecule has 0 aliphatic heterocycles. The lowest BCUT2D eigenvalue weighted by Crippen LogP contribution is -2.54. The van der Waals surface area contributed by atoms with E-state index in [1.807, 2.05) is 18.2 Å². The molecule has 1 aliphatic carbocycles. The average Bonchev–Trinajstić information content (AvgIpc) is 2.40. The first-order chi connectivity index (χ1) is 9.52. The van der Waals surface area contributed by atoms with Crippen molar-refractivity contribution >= 4 is 23.2 Å². The van der Waals surface area contributed by atoms with Crippen LogP contribution in [0.1, 0.15) is 52.0 Å². The molecular formula is C17H25Cl2N. The minimum Gasteiger partial charge on any atom is -0.316 e. The summed E-state index contributed by atoms with van der Waals surface area (Å²) in [6.07, 6.45) is 4.84. The highest BCUT2D eigenvalue weighted by molar-refractivity contribution is 6.36. The van der Waals surface area contributed by atoms with E-state index in [2.05, 4.69) is 26.1 Å². The van der Waals surface area contributed by atoms with Crippen molar-refractivity contribution in [2.75, 3.05) is 13.1 Å². The molecule has 112 valence electrons. The number of hydrogen-bond donors (Lipinski definition) is 1. The highest BCUT2D eigenvalue weighted by Gasteiger charge is 2.54. The molecule has 0 amide bonds. The number of nitrogens with one attached hydrogen (secondary N) is 1. The van der Waals surface area contributed by atoms with E-state index in [9.17, 15) is 0 Å². The van der Waals surface area contributed by atoms with E-state index in [1.165, 1.54) is 25.7 Å². The first-order valence-electron chi connectivity index (χ1n) is 7.68. The average molecular weight is 314 g/mol. The van der Waals surface area contributed by atoms with Crippen LogP contribution in [-0.2, 0) is 5.41 Å². The third-order valence-corrected chi connectivity index (χ3v) is 5.76. The summed E-state index contributed by atoms with van der Waals surface area (Å²) < 4.78 is 0. The number of hydrogen-bond acceptors (Lipinski definition) is 1. The highest BCUT2D eigenvalue weighted by atomic mass is 35.5. The number of benzene rings is 1. The van der Waals surface area contributed by atoms with Gasteiger partial charge >= 0.3 is 0 Å². The second-order valence-electron chi connectivity index (χ2n) is 6.22. The summed E-state index contributed by atoms with van der Waals surface area (Å²) in [5.74, 6) is 0. The van der Waals surface area contributed by atoms with E-state index >= 15 is 0 Å². The maximum Gasteiger partial charge on any atom is 0.0459 e. The lowest BCUT2D eigenvalue weighted by atomic mass is 9.48. The summed E-state index contributed by atoms with van der Waals surface area (Å²) >= 11 is 12.9. The topological polar surface area (TPSA) is 12.0 Å². The molecular weight excluding hydrogens is 289 g/mol. The molecule has 0 unspecified atom stereocenters. The fourth-order valence-corrected chi connectivity index (χ4v) is 4.69. The van der Waals surface area contributed by atoms with Gasteiger partial charge in [0.05, 0.1) is 0 Å². The normalized spacial score (nSPS) is 19.6. The molecule has 1 aromatic rings. The summed E-state index contributed by atoms with van der Waals surface area (Å²) in [4.78, 5) is 0. The maximum absolute atomic E-state index is 6.47. The van der Waals surface area contributed by atoms with Crippen molar-refractivity contribution in [3.63, 3.8) is 0 Å². The highest BCUT2D eigenvalue weighted by Crippen LogP contribution is 2.61. The predicted molar refractivity (Wildman–Crippen MR) is 88.9 cm³/mol. The summed E-state index contributed by atoms with van der Waals surface area (Å²) in [6.45, 7) is 8.70. The first kappa shape index (κ1) is 16.1. The van der Waals surface area contributed by atoms with E-state index in [0.29, 0.717) is 5.41 Å². The molecule has 0 radical (unpaired) electrons. The zero-order valence-electron chi connectivity index (χ0n) is 12.7. The third kappa shape index (κ3) is 2.73. The molecule has 1 saturated carbocycles. The first-order valence-corrected chi connectivity index (χ1v) is 8.43. The summed E-state index contributed by atoms with van der Waals surface area (Å²) in [7, 11) is 0. The Kier molecular flexibility index (Phi) is 5.05. The lowest BCUT2D eigenvalue weighted by molar-refractivity contribution is 0.0133. The third-order valence-electron chi connectivity index (χ3n) is 5.13.